The van der Waals surface area contributed by atoms with Crippen LogP contribution in [-0.2, 0) is 0 Å². The van der Waals surface area contributed by atoms with E-state index in [4.69, 9.17) is 12.2 Å². The molecular formula is C19H23N5O3S. The van der Waals surface area contributed by atoms with Crippen LogP contribution in [0, 0.1) is 0 Å². The van der Waals surface area contributed by atoms with Crippen LogP contribution in [0.25, 0.3) is 0 Å². The molecule has 1 aromatic heterocycles. The number of nitrogens with one attached hydrogen (secondary N) is 3. The molecule has 2 aromatic rings. The zero-order valence-corrected chi connectivity index (χ0v) is 16.2. The van der Waals surface area contributed by atoms with Gasteiger partial charge in [0.15, 0.2) is 5.11 Å². The lowest BCUT2D eigenvalue weighted by atomic mass is 10.1. The summed E-state index contributed by atoms with van der Waals surface area (Å²) in [5, 5.41) is 17.7. The molecule has 28 heavy (non-hydrogen) atoms. The fourth-order valence-corrected chi connectivity index (χ4v) is 3.53. The zero-order valence-electron chi connectivity index (χ0n) is 15.4. The number of aromatic hydroxyl groups is 1. The van der Waals surface area contributed by atoms with Crippen molar-refractivity contribution in [3.63, 3.8) is 0 Å². The number of nitrogens with zero attached hydrogens (tertiary/aromatic N) is 2. The summed E-state index contributed by atoms with van der Waals surface area (Å²) in [7, 11) is 0. The van der Waals surface area contributed by atoms with E-state index in [1.165, 1.54) is 10.8 Å². The molecule has 1 aromatic carbocycles. The molecule has 0 aliphatic heterocycles. The van der Waals surface area contributed by atoms with Gasteiger partial charge in [-0.05, 0) is 37.2 Å². The number of hydrogen-bond donors (Lipinski definition) is 4. The van der Waals surface area contributed by atoms with E-state index in [2.05, 4.69) is 20.8 Å². The summed E-state index contributed by atoms with van der Waals surface area (Å²) >= 11 is 5.14. The number of thiocarbonyl (C=S) groups is 1. The van der Waals surface area contributed by atoms with Crippen LogP contribution in [0.5, 0.6) is 5.88 Å². The Kier molecular flexibility index (Phi) is 6.59. The van der Waals surface area contributed by atoms with Gasteiger partial charge in [0.2, 0.25) is 5.88 Å². The van der Waals surface area contributed by atoms with Crippen molar-refractivity contribution >= 4 is 29.2 Å². The molecule has 8 nitrogen and oxygen atoms in total. The van der Waals surface area contributed by atoms with E-state index in [1.54, 1.807) is 0 Å². The van der Waals surface area contributed by atoms with E-state index in [1.807, 2.05) is 30.3 Å². The SMILES string of the molecule is O=c1[nH]c(=O)n(C2CCCCCC2)c(O)c1C=NNC(=S)Nc1ccccc1. The monoisotopic (exact) mass is 401 g/mol. The smallest absolute Gasteiger partial charge is 0.331 e. The fraction of sp³-hybridized carbons (Fsp3) is 0.368. The standard InChI is InChI=1S/C19H23N5O3S/c25-16-15(12-20-23-18(28)21-13-8-4-3-5-9-13)17(26)24(19(27)22-16)14-10-6-1-2-7-11-14/h3-5,8-9,12,14,26H,1-2,6-7,10-11H2,(H2,21,23,28)(H,22,25,27). The predicted molar refractivity (Wildman–Crippen MR) is 113 cm³/mol. The van der Waals surface area contributed by atoms with E-state index in [-0.39, 0.29) is 22.6 Å². The molecular weight excluding hydrogens is 378 g/mol. The van der Waals surface area contributed by atoms with Crippen molar-refractivity contribution in [1.29, 1.82) is 0 Å². The van der Waals surface area contributed by atoms with E-state index in [0.717, 1.165) is 44.2 Å². The molecule has 0 radical (unpaired) electrons. The molecule has 1 aliphatic carbocycles. The van der Waals surface area contributed by atoms with Crippen LogP contribution in [0.1, 0.15) is 50.1 Å². The van der Waals surface area contributed by atoms with Gasteiger partial charge in [-0.2, -0.15) is 5.10 Å². The van der Waals surface area contributed by atoms with E-state index in [9.17, 15) is 14.7 Å². The number of rotatable bonds is 4. The Morgan fingerprint density at radius 2 is 1.86 bits per heavy atom. The third-order valence-electron chi connectivity index (χ3n) is 4.73. The van der Waals surface area contributed by atoms with Crippen LogP contribution in [0.15, 0.2) is 45.0 Å². The highest BCUT2D eigenvalue weighted by Crippen LogP contribution is 2.28. The lowest BCUT2D eigenvalue weighted by Crippen LogP contribution is -2.34. The third kappa shape index (κ3) is 4.86. The predicted octanol–water partition coefficient (Wildman–Crippen LogP) is 2.46. The molecule has 0 saturated heterocycles. The molecule has 9 heteroatoms. The fourth-order valence-electron chi connectivity index (χ4n) is 3.36. The molecule has 1 saturated carbocycles. The Morgan fingerprint density at radius 1 is 1.18 bits per heavy atom. The summed E-state index contributed by atoms with van der Waals surface area (Å²) < 4.78 is 1.27. The van der Waals surface area contributed by atoms with Gasteiger partial charge < -0.3 is 10.4 Å². The number of para-hydroxylation sites is 1. The summed E-state index contributed by atoms with van der Waals surface area (Å²) in [6, 6.07) is 9.17. The maximum atomic E-state index is 12.3. The number of H-pyrrole nitrogens is 1. The number of benzene rings is 1. The van der Waals surface area contributed by atoms with Crippen molar-refractivity contribution in [2.24, 2.45) is 5.10 Å². The van der Waals surface area contributed by atoms with Crippen LogP contribution < -0.4 is 22.0 Å². The molecule has 0 atom stereocenters. The van der Waals surface area contributed by atoms with Crippen molar-refractivity contribution in [1.82, 2.24) is 15.0 Å². The Bertz CT molecular complexity index is 960. The molecule has 0 bridgehead atoms. The largest absolute Gasteiger partial charge is 0.494 e. The molecule has 0 spiro atoms. The van der Waals surface area contributed by atoms with E-state index < -0.39 is 11.2 Å². The van der Waals surface area contributed by atoms with Gasteiger partial charge in [-0.1, -0.05) is 43.9 Å². The second-order valence-corrected chi connectivity index (χ2v) is 7.11. The first-order valence-corrected chi connectivity index (χ1v) is 9.70. The molecule has 3 rings (SSSR count). The van der Waals surface area contributed by atoms with Crippen LogP contribution >= 0.6 is 12.2 Å². The zero-order chi connectivity index (χ0) is 19.9. The summed E-state index contributed by atoms with van der Waals surface area (Å²) in [5.41, 5.74) is 2.01. The van der Waals surface area contributed by atoms with Gasteiger partial charge in [-0.3, -0.25) is 19.8 Å². The minimum atomic E-state index is -0.695. The summed E-state index contributed by atoms with van der Waals surface area (Å²) in [6.07, 6.45) is 6.94. The van der Waals surface area contributed by atoms with Crippen molar-refractivity contribution in [3.05, 3.63) is 56.7 Å². The van der Waals surface area contributed by atoms with E-state index in [0.29, 0.717) is 0 Å². The molecule has 1 aliphatic rings. The van der Waals surface area contributed by atoms with Gasteiger partial charge in [-0.25, -0.2) is 4.79 Å². The Balaban J connectivity index is 1.76. The van der Waals surface area contributed by atoms with Gasteiger partial charge in [0.05, 0.1) is 6.21 Å². The maximum absolute atomic E-state index is 12.3. The van der Waals surface area contributed by atoms with Crippen molar-refractivity contribution in [2.75, 3.05) is 5.32 Å². The Labute approximate surface area is 167 Å². The first-order valence-electron chi connectivity index (χ1n) is 9.29. The van der Waals surface area contributed by atoms with Crippen LogP contribution in [-0.4, -0.2) is 26.0 Å². The Hall–Kier alpha value is -2.94. The van der Waals surface area contributed by atoms with Crippen molar-refractivity contribution in [2.45, 2.75) is 44.6 Å². The second kappa shape index (κ2) is 9.32. The van der Waals surface area contributed by atoms with Gasteiger partial charge in [0.1, 0.15) is 5.56 Å². The minimum absolute atomic E-state index is 0.0844. The topological polar surface area (TPSA) is 112 Å². The van der Waals surface area contributed by atoms with Gasteiger partial charge in [0, 0.05) is 11.7 Å². The van der Waals surface area contributed by atoms with Crippen molar-refractivity contribution < 1.29 is 5.11 Å². The van der Waals surface area contributed by atoms with Crippen LogP contribution in [0.3, 0.4) is 0 Å². The average Bonchev–Trinajstić information content (AvgIpc) is 2.94. The average molecular weight is 401 g/mol. The number of aromatic nitrogens is 2. The summed E-state index contributed by atoms with van der Waals surface area (Å²) in [5.74, 6) is -0.367. The second-order valence-electron chi connectivity index (χ2n) is 6.70. The molecule has 0 amide bonds. The summed E-state index contributed by atoms with van der Waals surface area (Å²) in [6.45, 7) is 0. The molecule has 0 unspecified atom stereocenters. The lowest BCUT2D eigenvalue weighted by molar-refractivity contribution is 0.339. The molecule has 1 fully saturated rings. The molecule has 1 heterocycles. The number of hydrogen-bond acceptors (Lipinski definition) is 5. The highest BCUT2D eigenvalue weighted by Gasteiger charge is 2.21. The van der Waals surface area contributed by atoms with Gasteiger partial charge in [0.25, 0.3) is 5.56 Å². The third-order valence-corrected chi connectivity index (χ3v) is 4.93. The van der Waals surface area contributed by atoms with Gasteiger partial charge in [-0.15, -0.1) is 0 Å². The first-order chi connectivity index (χ1) is 13.6. The number of aromatic amines is 1. The van der Waals surface area contributed by atoms with Crippen LogP contribution in [0.2, 0.25) is 0 Å². The summed E-state index contributed by atoms with van der Waals surface area (Å²) in [4.78, 5) is 26.7. The highest BCUT2D eigenvalue weighted by molar-refractivity contribution is 7.80. The number of anilines is 1. The molecule has 4 N–H and O–H groups in total. The maximum Gasteiger partial charge on any atom is 0.331 e. The normalized spacial score (nSPS) is 15.3. The molecule has 148 valence electrons. The van der Waals surface area contributed by atoms with Crippen LogP contribution in [0.4, 0.5) is 5.69 Å². The van der Waals surface area contributed by atoms with Gasteiger partial charge >= 0.3 is 5.69 Å². The quantitative estimate of drug-likeness (QED) is 0.271. The Morgan fingerprint density at radius 3 is 2.54 bits per heavy atom. The van der Waals surface area contributed by atoms with Crippen molar-refractivity contribution in [3.8, 4) is 5.88 Å². The van der Waals surface area contributed by atoms with E-state index >= 15 is 0 Å². The highest BCUT2D eigenvalue weighted by atomic mass is 32.1. The first kappa shape index (κ1) is 19.8. The minimum Gasteiger partial charge on any atom is -0.494 e. The number of hydrazone groups is 1. The lowest BCUT2D eigenvalue weighted by Gasteiger charge is -2.19.